The molecule has 0 fully saturated rings. The van der Waals surface area contributed by atoms with Gasteiger partial charge in [-0.15, -0.1) is 11.3 Å². The van der Waals surface area contributed by atoms with Gasteiger partial charge in [-0.05, 0) is 0 Å². The number of rotatable bonds is 2. The van der Waals surface area contributed by atoms with Crippen LogP contribution in [0.25, 0.3) is 0 Å². The van der Waals surface area contributed by atoms with Crippen molar-refractivity contribution in [1.29, 1.82) is 0 Å². The molecule has 5 heteroatoms. The lowest BCUT2D eigenvalue weighted by atomic mass is 10.9. The average molecular weight is 165 g/mol. The lowest BCUT2D eigenvalue weighted by Crippen LogP contribution is -1.88. The quantitative estimate of drug-likeness (QED) is 0.731. The molecule has 0 bridgehead atoms. The molecule has 0 saturated heterocycles. The molecule has 0 aliphatic rings. The van der Waals surface area contributed by atoms with E-state index in [1.165, 1.54) is 11.3 Å². The zero-order chi connectivity index (χ0) is 7.52. The molecule has 2 aromatic heterocycles. The van der Waals surface area contributed by atoms with Crippen molar-refractivity contribution in [2.75, 3.05) is 0 Å². The van der Waals surface area contributed by atoms with Gasteiger partial charge >= 0.3 is 0 Å². The third-order valence-electron chi connectivity index (χ3n) is 1.10. The normalized spacial score (nSPS) is 9.82. The van der Waals surface area contributed by atoms with E-state index in [2.05, 4.69) is 20.3 Å². The molecule has 0 aliphatic heterocycles. The van der Waals surface area contributed by atoms with Crippen LogP contribution in [-0.4, -0.2) is 15.0 Å². The Balaban J connectivity index is 2.14. The predicted molar refractivity (Wildman–Crippen MR) is 42.2 cm³/mol. The highest BCUT2D eigenvalue weighted by Gasteiger charge is 1.98. The summed E-state index contributed by atoms with van der Waals surface area (Å²) < 4.78 is 0. The van der Waals surface area contributed by atoms with Crippen LogP contribution in [0, 0.1) is 0 Å². The Morgan fingerprint density at radius 2 is 2.36 bits per heavy atom. The molecule has 0 aromatic carbocycles. The number of nitrogens with zero attached hydrogens (tertiary/aromatic N) is 3. The van der Waals surface area contributed by atoms with Gasteiger partial charge in [0.25, 0.3) is 0 Å². The molecule has 1 N–H and O–H groups in total. The molecule has 55 valence electrons. The second kappa shape index (κ2) is 2.71. The van der Waals surface area contributed by atoms with Crippen LogP contribution in [0.5, 0.6) is 0 Å². The maximum atomic E-state index is 4.10. The smallest absolute Gasteiger partial charge is 0.229 e. The van der Waals surface area contributed by atoms with E-state index in [0.29, 0.717) is 5.95 Å². The van der Waals surface area contributed by atoms with Crippen LogP contribution in [0.1, 0.15) is 0 Å². The fraction of sp³-hybridized carbons (Fsp3) is 0. The molecule has 0 unspecified atom stereocenters. The molecule has 4 nitrogen and oxygen atoms in total. The summed E-state index contributed by atoms with van der Waals surface area (Å²) in [6.07, 6.45) is 5.10. The fourth-order valence-electron chi connectivity index (χ4n) is 0.680. The van der Waals surface area contributed by atoms with Gasteiger partial charge < -0.3 is 4.98 Å². The Morgan fingerprint density at radius 3 is 3.00 bits per heavy atom. The minimum atomic E-state index is 0.597. The van der Waals surface area contributed by atoms with Crippen molar-refractivity contribution in [3.05, 3.63) is 24.0 Å². The van der Waals surface area contributed by atoms with Crippen LogP contribution in [0.15, 0.2) is 24.0 Å². The first-order valence-corrected chi connectivity index (χ1v) is 3.94. The molecule has 11 heavy (non-hydrogen) atoms. The number of nitrogens with one attached hydrogen (secondary N) is 1. The summed E-state index contributed by atoms with van der Waals surface area (Å²) in [7, 11) is 0. The first-order chi connectivity index (χ1) is 5.45. The zero-order valence-electron chi connectivity index (χ0n) is 5.56. The predicted octanol–water partition coefficient (Wildman–Crippen LogP) is 1.43. The van der Waals surface area contributed by atoms with Gasteiger partial charge in [0.15, 0.2) is 0 Å². The largest absolute Gasteiger partial charge is 0.329 e. The number of hydrogen-bond donors (Lipinski definition) is 1. The van der Waals surface area contributed by atoms with Crippen molar-refractivity contribution in [1.82, 2.24) is 20.3 Å². The highest BCUT2D eigenvalue weighted by atomic mass is 32.1. The summed E-state index contributed by atoms with van der Waals surface area (Å²) in [5, 5.41) is 6.70. The Hall–Kier alpha value is -1.36. The Labute approximate surface area is 67.3 Å². The summed E-state index contributed by atoms with van der Waals surface area (Å²) >= 11 is 1.48. The van der Waals surface area contributed by atoms with Crippen LogP contribution in [-0.2, 0) is 0 Å². The zero-order valence-corrected chi connectivity index (χ0v) is 6.38. The van der Waals surface area contributed by atoms with E-state index in [9.17, 15) is 0 Å². The third kappa shape index (κ3) is 1.38. The van der Waals surface area contributed by atoms with E-state index in [-0.39, 0.29) is 0 Å². The molecule has 2 aromatic rings. The highest BCUT2D eigenvalue weighted by molar-refractivity contribution is 7.13. The summed E-state index contributed by atoms with van der Waals surface area (Å²) in [6, 6.07) is 0. The summed E-state index contributed by atoms with van der Waals surface area (Å²) in [5.74, 6) is 0.597. The van der Waals surface area contributed by atoms with Gasteiger partial charge in [-0.1, -0.05) is 0 Å². The second-order valence-corrected chi connectivity index (χ2v) is 2.71. The monoisotopic (exact) mass is 165 g/mol. The Bertz CT molecular complexity index is 267. The van der Waals surface area contributed by atoms with Gasteiger partial charge in [0.1, 0.15) is 0 Å². The summed E-state index contributed by atoms with van der Waals surface area (Å²) in [6.45, 7) is 0. The molecule has 2 rings (SSSR count). The van der Waals surface area contributed by atoms with E-state index < -0.39 is 0 Å². The van der Waals surface area contributed by atoms with Crippen molar-refractivity contribution in [3.63, 3.8) is 0 Å². The van der Waals surface area contributed by atoms with Gasteiger partial charge in [0.05, 0.1) is 0 Å². The Morgan fingerprint density at radius 1 is 1.36 bits per heavy atom. The second-order valence-electron chi connectivity index (χ2n) is 1.84. The molecule has 1 radical (unpaired) electrons. The number of thiazole rings is 1. The lowest BCUT2D eigenvalue weighted by molar-refractivity contribution is 1.04. The third-order valence-corrected chi connectivity index (χ3v) is 1.77. The van der Waals surface area contributed by atoms with Crippen LogP contribution in [0.4, 0.5) is 11.1 Å². The lowest BCUT2D eigenvalue weighted by Gasteiger charge is -1.89. The van der Waals surface area contributed by atoms with Crippen LogP contribution in [0.2, 0.25) is 0 Å². The molecular weight excluding hydrogens is 160 g/mol. The van der Waals surface area contributed by atoms with E-state index in [4.69, 9.17) is 0 Å². The molecule has 0 amide bonds. The standard InChI is InChI=1S/C6H5N4S/c1-2-8-5(7-1)10-6-9-3-4-11-6/h1-4H,(H,7,8). The number of aromatic nitrogens is 3. The van der Waals surface area contributed by atoms with Gasteiger partial charge in [-0.2, -0.15) is 5.32 Å². The molecule has 0 atom stereocenters. The maximum absolute atomic E-state index is 4.10. The first kappa shape index (κ1) is 6.36. The summed E-state index contributed by atoms with van der Waals surface area (Å²) in [5.41, 5.74) is 0. The highest BCUT2D eigenvalue weighted by Crippen LogP contribution is 2.14. The van der Waals surface area contributed by atoms with Crippen molar-refractivity contribution < 1.29 is 0 Å². The fourth-order valence-corrected chi connectivity index (χ4v) is 1.18. The summed E-state index contributed by atoms with van der Waals surface area (Å²) in [4.78, 5) is 10.8. The van der Waals surface area contributed by atoms with Crippen LogP contribution < -0.4 is 5.32 Å². The van der Waals surface area contributed by atoms with E-state index in [0.717, 1.165) is 5.13 Å². The average Bonchev–Trinajstić information content (AvgIpc) is 2.60. The number of imidazole rings is 1. The van der Waals surface area contributed by atoms with Gasteiger partial charge in [-0.25, -0.2) is 9.97 Å². The molecule has 0 spiro atoms. The van der Waals surface area contributed by atoms with Gasteiger partial charge in [0.2, 0.25) is 11.1 Å². The number of H-pyrrole nitrogens is 1. The van der Waals surface area contributed by atoms with Crippen LogP contribution in [0.3, 0.4) is 0 Å². The van der Waals surface area contributed by atoms with Crippen molar-refractivity contribution >= 4 is 22.4 Å². The molecule has 0 aliphatic carbocycles. The molecular formula is C6H5N4S. The SMILES string of the molecule is c1c[nH]c([N]c2nccs2)n1. The Kier molecular flexibility index (Phi) is 1.57. The molecule has 0 saturated carbocycles. The minimum absolute atomic E-state index is 0.597. The molecule has 2 heterocycles. The van der Waals surface area contributed by atoms with E-state index >= 15 is 0 Å². The van der Waals surface area contributed by atoms with Crippen molar-refractivity contribution in [2.24, 2.45) is 0 Å². The number of hydrogen-bond acceptors (Lipinski definition) is 3. The van der Waals surface area contributed by atoms with Crippen molar-refractivity contribution in [2.45, 2.75) is 0 Å². The minimum Gasteiger partial charge on any atom is -0.329 e. The van der Waals surface area contributed by atoms with Crippen LogP contribution >= 0.6 is 11.3 Å². The topological polar surface area (TPSA) is 55.7 Å². The van der Waals surface area contributed by atoms with Crippen molar-refractivity contribution in [3.8, 4) is 0 Å². The van der Waals surface area contributed by atoms with E-state index in [1.807, 2.05) is 5.38 Å². The number of aromatic amines is 1. The van der Waals surface area contributed by atoms with Gasteiger partial charge in [-0.3, -0.25) is 0 Å². The maximum Gasteiger partial charge on any atom is 0.229 e. The first-order valence-electron chi connectivity index (χ1n) is 3.06. The van der Waals surface area contributed by atoms with Gasteiger partial charge in [0, 0.05) is 24.0 Å². The van der Waals surface area contributed by atoms with E-state index in [1.54, 1.807) is 18.6 Å².